The highest BCUT2D eigenvalue weighted by Gasteiger charge is 2.79. The number of aliphatic hydroxyl groups is 1. The molecule has 2 aliphatic heterocycles. The molecule has 0 aromatic heterocycles. The van der Waals surface area contributed by atoms with Gasteiger partial charge >= 0.3 is 17.9 Å². The summed E-state index contributed by atoms with van der Waals surface area (Å²) in [4.78, 5) is 37.2. The van der Waals surface area contributed by atoms with Gasteiger partial charge in [-0.25, -0.2) is 4.79 Å². The average Bonchev–Trinajstić information content (AvgIpc) is 3.26. The van der Waals surface area contributed by atoms with Crippen molar-refractivity contribution in [2.75, 3.05) is 6.61 Å². The highest BCUT2D eigenvalue weighted by atomic mass is 16.6. The summed E-state index contributed by atoms with van der Waals surface area (Å²) in [6, 6.07) is 0. The maximum atomic E-state index is 13.9. The van der Waals surface area contributed by atoms with Gasteiger partial charge in [-0.3, -0.25) is 9.59 Å². The Morgan fingerprint density at radius 1 is 1.09 bits per heavy atom. The summed E-state index contributed by atoms with van der Waals surface area (Å²) in [5, 5.41) is 11.9. The third kappa shape index (κ3) is 2.28. The van der Waals surface area contributed by atoms with Crippen molar-refractivity contribution in [2.24, 2.45) is 28.6 Å². The molecule has 1 saturated heterocycles. The second kappa shape index (κ2) is 6.37. The van der Waals surface area contributed by atoms with Crippen LogP contribution in [-0.2, 0) is 28.6 Å². The van der Waals surface area contributed by atoms with Gasteiger partial charge in [0.2, 0.25) is 0 Å². The first kappa shape index (κ1) is 20.7. The highest BCUT2D eigenvalue weighted by molar-refractivity contribution is 5.85. The van der Waals surface area contributed by atoms with Gasteiger partial charge < -0.3 is 19.3 Å². The van der Waals surface area contributed by atoms with Gasteiger partial charge in [0.1, 0.15) is 23.7 Å². The normalized spacial score (nSPS) is 51.2. The molecular formula is C25H32O7. The van der Waals surface area contributed by atoms with Crippen LogP contribution in [0.15, 0.2) is 11.6 Å². The molecule has 4 saturated carbocycles. The Labute approximate surface area is 187 Å². The Hall–Kier alpha value is -1.89. The van der Waals surface area contributed by atoms with Crippen LogP contribution in [0, 0.1) is 28.6 Å². The van der Waals surface area contributed by atoms with Crippen LogP contribution in [0.3, 0.4) is 0 Å². The number of cyclic esters (lactones) is 1. The van der Waals surface area contributed by atoms with Crippen LogP contribution in [0.5, 0.6) is 0 Å². The van der Waals surface area contributed by atoms with Gasteiger partial charge in [-0.05, 0) is 68.8 Å². The molecule has 0 radical (unpaired) electrons. The van der Waals surface area contributed by atoms with Crippen LogP contribution in [-0.4, -0.2) is 46.9 Å². The van der Waals surface area contributed by atoms with Gasteiger partial charge in [0.25, 0.3) is 0 Å². The number of rotatable bonds is 2. The van der Waals surface area contributed by atoms with E-state index in [-0.39, 0.29) is 47.2 Å². The van der Waals surface area contributed by atoms with Crippen molar-refractivity contribution in [3.63, 3.8) is 0 Å². The molecule has 0 aromatic carbocycles. The summed E-state index contributed by atoms with van der Waals surface area (Å²) in [6.07, 6.45) is 7.50. The van der Waals surface area contributed by atoms with Gasteiger partial charge in [0.15, 0.2) is 0 Å². The van der Waals surface area contributed by atoms with Crippen molar-refractivity contribution < 1.29 is 33.7 Å². The molecule has 8 atom stereocenters. The number of ether oxygens (including phenoxy) is 3. The molecule has 0 aromatic rings. The third-order valence-corrected chi connectivity index (χ3v) is 10.5. The van der Waals surface area contributed by atoms with Crippen LogP contribution in [0.4, 0.5) is 0 Å². The van der Waals surface area contributed by atoms with E-state index in [1.165, 1.54) is 6.92 Å². The zero-order chi connectivity index (χ0) is 22.5. The SMILES string of the molecule is CC(=O)O[C@H]1CC[C@@]23C(=O)O[C@@]45CC[C@@H](C6=CC(=O)OC6)[C@]4(C)CC[C@H]2[C@@H]5CC[C@]3(O)C1. The summed E-state index contributed by atoms with van der Waals surface area (Å²) < 4.78 is 17.2. The summed E-state index contributed by atoms with van der Waals surface area (Å²) >= 11 is 0. The first-order valence-electron chi connectivity index (χ1n) is 12.2. The molecule has 4 aliphatic carbocycles. The fourth-order valence-electron chi connectivity index (χ4n) is 9.25. The summed E-state index contributed by atoms with van der Waals surface area (Å²) in [6.45, 7) is 3.98. The zero-order valence-corrected chi connectivity index (χ0v) is 18.9. The maximum absolute atomic E-state index is 13.9. The van der Waals surface area contributed by atoms with Gasteiger partial charge in [-0.2, -0.15) is 0 Å². The lowest BCUT2D eigenvalue weighted by Crippen LogP contribution is -2.76. The second-order valence-corrected chi connectivity index (χ2v) is 11.4. The Bertz CT molecular complexity index is 941. The average molecular weight is 445 g/mol. The lowest BCUT2D eigenvalue weighted by molar-refractivity contribution is -0.309. The first-order chi connectivity index (χ1) is 15.2. The van der Waals surface area contributed by atoms with Crippen molar-refractivity contribution in [1.29, 1.82) is 0 Å². The van der Waals surface area contributed by atoms with E-state index < -0.39 is 16.6 Å². The number of hydrogen-bond donors (Lipinski definition) is 1. The topological polar surface area (TPSA) is 99.1 Å². The van der Waals surface area contributed by atoms with Crippen LogP contribution in [0.25, 0.3) is 0 Å². The molecule has 0 unspecified atom stereocenters. The fourth-order valence-corrected chi connectivity index (χ4v) is 9.25. The summed E-state index contributed by atoms with van der Waals surface area (Å²) in [7, 11) is 0. The molecule has 32 heavy (non-hydrogen) atoms. The lowest BCUT2D eigenvalue weighted by atomic mass is 9.39. The molecule has 1 N–H and O–H groups in total. The van der Waals surface area contributed by atoms with E-state index in [0.29, 0.717) is 32.3 Å². The van der Waals surface area contributed by atoms with Crippen LogP contribution in [0.1, 0.15) is 71.6 Å². The van der Waals surface area contributed by atoms with Crippen molar-refractivity contribution in [2.45, 2.75) is 88.9 Å². The molecular weight excluding hydrogens is 412 g/mol. The molecule has 174 valence electrons. The number of esters is 3. The van der Waals surface area contributed by atoms with Crippen molar-refractivity contribution in [3.8, 4) is 0 Å². The Morgan fingerprint density at radius 3 is 2.59 bits per heavy atom. The van der Waals surface area contributed by atoms with Crippen LogP contribution >= 0.6 is 0 Å². The smallest absolute Gasteiger partial charge is 0.331 e. The Morgan fingerprint density at radius 2 is 1.88 bits per heavy atom. The van der Waals surface area contributed by atoms with Gasteiger partial charge in [-0.15, -0.1) is 0 Å². The zero-order valence-electron chi connectivity index (χ0n) is 18.9. The monoisotopic (exact) mass is 444 g/mol. The van der Waals surface area contributed by atoms with Gasteiger partial charge in [-0.1, -0.05) is 6.92 Å². The van der Waals surface area contributed by atoms with Crippen LogP contribution in [0.2, 0.25) is 0 Å². The molecule has 2 heterocycles. The molecule has 0 amide bonds. The molecule has 2 spiro atoms. The Kier molecular flexibility index (Phi) is 4.12. The summed E-state index contributed by atoms with van der Waals surface area (Å²) in [5.74, 6) is -0.387. The van der Waals surface area contributed by atoms with E-state index in [4.69, 9.17) is 14.2 Å². The number of carbonyl (C=O) groups is 3. The minimum absolute atomic E-state index is 0.0862. The second-order valence-electron chi connectivity index (χ2n) is 11.4. The number of carbonyl (C=O) groups excluding carboxylic acids is 3. The van der Waals surface area contributed by atoms with Crippen LogP contribution < -0.4 is 0 Å². The molecule has 6 rings (SSSR count). The third-order valence-electron chi connectivity index (χ3n) is 10.5. The van der Waals surface area contributed by atoms with Crippen molar-refractivity contribution in [3.05, 3.63) is 11.6 Å². The van der Waals surface area contributed by atoms with E-state index in [9.17, 15) is 19.5 Å². The van der Waals surface area contributed by atoms with Gasteiger partial charge in [0.05, 0.1) is 5.60 Å². The first-order valence-corrected chi connectivity index (χ1v) is 12.2. The van der Waals surface area contributed by atoms with E-state index in [1.807, 2.05) is 0 Å². The lowest BCUT2D eigenvalue weighted by Gasteiger charge is -2.70. The predicted molar refractivity (Wildman–Crippen MR) is 111 cm³/mol. The van der Waals surface area contributed by atoms with E-state index in [0.717, 1.165) is 37.7 Å². The predicted octanol–water partition coefficient (Wildman–Crippen LogP) is 2.83. The van der Waals surface area contributed by atoms with E-state index in [1.54, 1.807) is 6.08 Å². The largest absolute Gasteiger partial charge is 0.462 e. The van der Waals surface area contributed by atoms with Gasteiger partial charge in [0, 0.05) is 30.8 Å². The fraction of sp³-hybridized carbons (Fsp3) is 0.800. The molecule has 6 aliphatic rings. The quantitative estimate of drug-likeness (QED) is 0.516. The minimum Gasteiger partial charge on any atom is -0.462 e. The maximum Gasteiger partial charge on any atom is 0.331 e. The van der Waals surface area contributed by atoms with E-state index in [2.05, 4.69) is 6.92 Å². The highest BCUT2D eigenvalue weighted by Crippen LogP contribution is 2.75. The number of hydrogen-bond acceptors (Lipinski definition) is 7. The Balaban J connectivity index is 1.37. The molecule has 7 nitrogen and oxygen atoms in total. The summed E-state index contributed by atoms with van der Waals surface area (Å²) in [5.41, 5.74) is -1.81. The van der Waals surface area contributed by atoms with Crippen molar-refractivity contribution >= 4 is 17.9 Å². The van der Waals surface area contributed by atoms with Crippen molar-refractivity contribution in [1.82, 2.24) is 0 Å². The van der Waals surface area contributed by atoms with E-state index >= 15 is 0 Å². The minimum atomic E-state index is -1.19. The molecule has 5 fully saturated rings. The standard InChI is InChI=1S/C25H32O7/c1-14(26)31-16-3-9-24-18-4-7-22(2)17(15-11-20(27)30-13-15)6-10-25(22,32-21(24)28)19(18)5-8-23(24,29)12-16/h11,16-19,29H,3-10,12-13H2,1-2H3/t16-,17-,18-,19-,22-,23-,24-,25+/m0/s1. The molecule has 7 heteroatoms. The molecule has 4 bridgehead atoms.